The van der Waals surface area contributed by atoms with Crippen molar-refractivity contribution in [2.45, 2.75) is 36.4 Å². The number of carbonyl (C=O) groups is 5. The minimum absolute atomic E-state index is 0.0171. The zero-order valence-corrected chi connectivity index (χ0v) is 27.7. The molecule has 270 valence electrons. The van der Waals surface area contributed by atoms with Crippen LogP contribution in [0.15, 0.2) is 35.2 Å². The summed E-state index contributed by atoms with van der Waals surface area (Å²) in [6.45, 7) is -0.668. The summed E-state index contributed by atoms with van der Waals surface area (Å²) in [5, 5.41) is 20.2. The molecule has 3 rings (SSSR count). The van der Waals surface area contributed by atoms with Crippen LogP contribution in [-0.4, -0.2) is 114 Å². The molecule has 0 radical (unpaired) electrons. The molecular weight excluding hydrogens is 726 g/mol. The number of fused-ring (bicyclic) bond motifs is 1. The van der Waals surface area contributed by atoms with Gasteiger partial charge in [-0.2, -0.15) is 16.8 Å². The molecule has 7 N–H and O–H groups in total. The molecular formula is C25H29N3O18S3. The summed E-state index contributed by atoms with van der Waals surface area (Å²) >= 11 is 0.985. The number of methoxy groups -OCH3 is 2. The first kappa shape index (κ1) is 39.0. The highest BCUT2D eigenvalue weighted by atomic mass is 32.3. The summed E-state index contributed by atoms with van der Waals surface area (Å²) in [7, 11) is -8.21. The van der Waals surface area contributed by atoms with Crippen molar-refractivity contribution in [1.82, 2.24) is 10.2 Å². The van der Waals surface area contributed by atoms with Crippen LogP contribution in [0.25, 0.3) is 6.08 Å². The Balaban J connectivity index is 1.78. The number of hydrogen-bond donors (Lipinski definition) is 6. The number of aliphatic carboxylic acids is 2. The molecule has 1 aromatic rings. The Morgan fingerprint density at radius 3 is 2.29 bits per heavy atom. The second-order valence-electron chi connectivity index (χ2n) is 9.94. The number of carbonyl (C=O) groups excluding carboxylic acids is 3. The molecule has 3 atom stereocenters. The molecule has 2 heterocycles. The van der Waals surface area contributed by atoms with E-state index in [-0.39, 0.29) is 36.2 Å². The van der Waals surface area contributed by atoms with Crippen molar-refractivity contribution in [1.29, 1.82) is 0 Å². The topological polar surface area (TPSA) is 322 Å². The smallest absolute Gasteiger partial charge is 0.446 e. The molecule has 24 heteroatoms. The van der Waals surface area contributed by atoms with Crippen LogP contribution in [0.3, 0.4) is 0 Å². The predicted octanol–water partition coefficient (Wildman–Crippen LogP) is -1.12. The fourth-order valence-corrected chi connectivity index (χ4v) is 6.62. The van der Waals surface area contributed by atoms with Crippen molar-refractivity contribution in [3.63, 3.8) is 0 Å². The van der Waals surface area contributed by atoms with Gasteiger partial charge in [-0.25, -0.2) is 9.59 Å². The number of nitrogens with one attached hydrogen (secondary N) is 1. The summed E-state index contributed by atoms with van der Waals surface area (Å²) in [6, 6.07) is 1.46. The third-order valence-corrected chi connectivity index (χ3v) is 8.80. The summed E-state index contributed by atoms with van der Waals surface area (Å²) in [5.74, 6) is -8.06. The first-order valence-corrected chi connectivity index (χ1v) is 17.2. The van der Waals surface area contributed by atoms with Gasteiger partial charge in [0, 0.05) is 24.9 Å². The molecule has 0 spiro atoms. The van der Waals surface area contributed by atoms with E-state index in [9.17, 15) is 45.9 Å². The van der Waals surface area contributed by atoms with Gasteiger partial charge in [0.25, 0.3) is 11.6 Å². The van der Waals surface area contributed by atoms with Gasteiger partial charge in [-0.3, -0.25) is 28.4 Å². The fraction of sp³-hybridized carbons (Fsp3) is 0.400. The molecule has 21 nitrogen and oxygen atoms in total. The third kappa shape index (κ3) is 9.58. The first-order chi connectivity index (χ1) is 22.7. The maximum atomic E-state index is 13.2. The number of nitrogens with zero attached hydrogens (tertiary/aromatic N) is 1. The van der Waals surface area contributed by atoms with E-state index in [0.29, 0.717) is 0 Å². The monoisotopic (exact) mass is 755 g/mol. The Morgan fingerprint density at radius 2 is 1.73 bits per heavy atom. The summed E-state index contributed by atoms with van der Waals surface area (Å²) < 4.78 is 86.4. The number of benzene rings is 1. The van der Waals surface area contributed by atoms with Gasteiger partial charge in [0.05, 0.1) is 7.11 Å². The number of esters is 1. The summed E-state index contributed by atoms with van der Waals surface area (Å²) in [6.07, 6.45) is 0.817. The van der Waals surface area contributed by atoms with Gasteiger partial charge in [0.15, 0.2) is 11.5 Å². The van der Waals surface area contributed by atoms with Crippen LogP contribution in [0, 0.1) is 0 Å². The van der Waals surface area contributed by atoms with Crippen LogP contribution in [0.4, 0.5) is 0 Å². The van der Waals surface area contributed by atoms with Gasteiger partial charge in [-0.15, -0.1) is 11.8 Å². The zero-order valence-electron chi connectivity index (χ0n) is 25.3. The van der Waals surface area contributed by atoms with E-state index in [2.05, 4.69) is 13.7 Å². The Morgan fingerprint density at radius 1 is 1.10 bits per heavy atom. The Kier molecular flexibility index (Phi) is 12.2. The number of nitrogens with two attached hydrogens (primary N) is 1. The van der Waals surface area contributed by atoms with E-state index < -0.39 is 97.2 Å². The standard InChI is InChI=1S/C25H29N3O18S3/c1-42-17(9-12-6-7-15(45-48(36,37)38)16(8-12)46-49(39,40)41)22(34)44-10-13-11-47-24-25(43-2,23(35)28(24)19(13)21(32)33)27-18(29)5-3-4-14(26)20(30)31/h6-9,14,24H,3-5,10-11,26H2,1-2H3,(H,27,29)(H,30,31)(H,32,33)(H,36,37,38)(H,39,40,41)/b17-9-/t14-,24+,25-/m0/s1. The normalized spacial score (nSPS) is 20.0. The number of hydrogen-bond acceptors (Lipinski definition) is 16. The van der Waals surface area contributed by atoms with Gasteiger partial charge in [0.2, 0.25) is 11.7 Å². The first-order valence-electron chi connectivity index (χ1n) is 13.4. The number of β-lactam (4-membered cyclic amide) rings is 1. The lowest BCUT2D eigenvalue weighted by molar-refractivity contribution is -0.192. The molecule has 0 aliphatic carbocycles. The average Bonchev–Trinajstić information content (AvgIpc) is 3.00. The molecule has 1 aromatic carbocycles. The zero-order chi connectivity index (χ0) is 36.9. The number of ether oxygens (including phenoxy) is 3. The van der Waals surface area contributed by atoms with Crippen molar-refractivity contribution < 1.29 is 82.7 Å². The fourth-order valence-electron chi connectivity index (χ4n) is 4.48. The molecule has 1 saturated heterocycles. The Bertz CT molecular complexity index is 1810. The van der Waals surface area contributed by atoms with Gasteiger partial charge in [-0.1, -0.05) is 6.07 Å². The quantitative estimate of drug-likeness (QED) is 0.0274. The van der Waals surface area contributed by atoms with Crippen molar-refractivity contribution in [3.8, 4) is 11.5 Å². The highest BCUT2D eigenvalue weighted by Crippen LogP contribution is 2.46. The molecule has 49 heavy (non-hydrogen) atoms. The van der Waals surface area contributed by atoms with Crippen LogP contribution >= 0.6 is 11.8 Å². The molecule has 0 unspecified atom stereocenters. The molecule has 2 aliphatic heterocycles. The molecule has 0 saturated carbocycles. The predicted molar refractivity (Wildman–Crippen MR) is 162 cm³/mol. The molecule has 2 amide bonds. The number of carboxylic acids is 2. The van der Waals surface area contributed by atoms with E-state index in [1.54, 1.807) is 0 Å². The molecule has 1 fully saturated rings. The maximum Gasteiger partial charge on any atom is 0.446 e. The summed E-state index contributed by atoms with van der Waals surface area (Å²) in [4.78, 5) is 62.6. The number of amides is 2. The van der Waals surface area contributed by atoms with E-state index in [1.165, 1.54) is 0 Å². The largest absolute Gasteiger partial charge is 0.490 e. The van der Waals surface area contributed by atoms with Gasteiger partial charge in [0.1, 0.15) is 23.7 Å². The van der Waals surface area contributed by atoms with Crippen LogP contribution in [0.1, 0.15) is 24.8 Å². The second-order valence-corrected chi connectivity index (χ2v) is 13.1. The number of thioether (sulfide) groups is 1. The van der Waals surface area contributed by atoms with Crippen LogP contribution in [0.5, 0.6) is 11.5 Å². The SMILES string of the molecule is CO/C(=C\c1ccc(OS(=O)(=O)O)c(OS(=O)(=O)O)c1)C(=O)OCC1=C(C(=O)O)N2C(=O)[C@](NC(=O)CCC[C@H](N)C(=O)O)(OC)[C@H]2SC1. The van der Waals surface area contributed by atoms with E-state index in [0.717, 1.165) is 55.2 Å². The van der Waals surface area contributed by atoms with Crippen molar-refractivity contribution >= 4 is 68.4 Å². The average molecular weight is 756 g/mol. The Hall–Kier alpha value is -4.46. The molecule has 0 bridgehead atoms. The lowest BCUT2D eigenvalue weighted by atomic mass is 9.97. The maximum absolute atomic E-state index is 13.2. The van der Waals surface area contributed by atoms with Crippen LogP contribution in [0.2, 0.25) is 0 Å². The third-order valence-electron chi connectivity index (χ3n) is 6.65. The second kappa shape index (κ2) is 15.4. The number of carboxylic acid groups (broad SMARTS) is 2. The molecule has 0 aromatic heterocycles. The van der Waals surface area contributed by atoms with Gasteiger partial charge in [-0.05, 0) is 36.6 Å². The number of rotatable bonds is 17. The van der Waals surface area contributed by atoms with E-state index in [1.807, 2.05) is 0 Å². The molecule has 2 aliphatic rings. The van der Waals surface area contributed by atoms with E-state index >= 15 is 0 Å². The minimum Gasteiger partial charge on any atom is -0.490 e. The lowest BCUT2D eigenvalue weighted by Gasteiger charge is -2.55. The highest BCUT2D eigenvalue weighted by molar-refractivity contribution is 8.00. The van der Waals surface area contributed by atoms with Crippen molar-refractivity contribution in [2.24, 2.45) is 5.73 Å². The van der Waals surface area contributed by atoms with E-state index in [4.69, 9.17) is 34.2 Å². The summed E-state index contributed by atoms with van der Waals surface area (Å²) in [5.41, 5.74) is 2.81. The van der Waals surface area contributed by atoms with Crippen molar-refractivity contribution in [3.05, 3.63) is 40.8 Å². The Labute approximate surface area is 281 Å². The van der Waals surface area contributed by atoms with Crippen molar-refractivity contribution in [2.75, 3.05) is 26.6 Å². The van der Waals surface area contributed by atoms with Crippen LogP contribution < -0.4 is 19.4 Å². The van der Waals surface area contributed by atoms with Gasteiger partial charge >= 0.3 is 38.7 Å². The van der Waals surface area contributed by atoms with Gasteiger partial charge < -0.3 is 43.8 Å². The lowest BCUT2D eigenvalue weighted by Crippen LogP contribution is -2.80. The van der Waals surface area contributed by atoms with Crippen LogP contribution in [-0.2, 0) is 59.0 Å². The highest BCUT2D eigenvalue weighted by Gasteiger charge is 2.66. The minimum atomic E-state index is -5.22.